The zero-order valence-corrected chi connectivity index (χ0v) is 14.3. The van der Waals surface area contributed by atoms with Gasteiger partial charge in [-0.1, -0.05) is 32.4 Å². The lowest BCUT2D eigenvalue weighted by atomic mass is 10.0. The molecule has 0 N–H and O–H groups in total. The molecule has 22 heavy (non-hydrogen) atoms. The predicted octanol–water partition coefficient (Wildman–Crippen LogP) is 3.17. The van der Waals surface area contributed by atoms with Crippen LogP contribution >= 0.6 is 0 Å². The maximum Gasteiger partial charge on any atom is 0.150 e. The predicted molar refractivity (Wildman–Crippen MR) is 88.3 cm³/mol. The first-order valence-corrected chi connectivity index (χ1v) is 9.87. The number of ether oxygens (including phenoxy) is 2. The van der Waals surface area contributed by atoms with E-state index in [0.717, 1.165) is 37.2 Å². The summed E-state index contributed by atoms with van der Waals surface area (Å²) < 4.78 is 35.4. The highest BCUT2D eigenvalue weighted by atomic mass is 32.2. The number of sulfone groups is 1. The number of unbranched alkanes of at least 4 members (excludes halogenated alkanes) is 1. The van der Waals surface area contributed by atoms with Gasteiger partial charge in [0.2, 0.25) is 0 Å². The van der Waals surface area contributed by atoms with Crippen LogP contribution in [0.4, 0.5) is 0 Å². The molecule has 124 valence electrons. The van der Waals surface area contributed by atoms with Crippen molar-refractivity contribution < 1.29 is 17.9 Å². The zero-order chi connectivity index (χ0) is 16.0. The molecule has 1 aliphatic rings. The van der Waals surface area contributed by atoms with Gasteiger partial charge in [-0.3, -0.25) is 0 Å². The Bertz CT molecular complexity index is 562. The third kappa shape index (κ3) is 5.29. The molecule has 0 aliphatic carbocycles. The topological polar surface area (TPSA) is 52.6 Å². The fourth-order valence-electron chi connectivity index (χ4n) is 2.62. The molecular weight excluding hydrogens is 300 g/mol. The van der Waals surface area contributed by atoms with E-state index in [1.807, 2.05) is 38.1 Å². The van der Waals surface area contributed by atoms with Crippen molar-refractivity contribution in [3.05, 3.63) is 29.8 Å². The highest BCUT2D eigenvalue weighted by Gasteiger charge is 2.19. The monoisotopic (exact) mass is 326 g/mol. The summed E-state index contributed by atoms with van der Waals surface area (Å²) in [6.45, 7) is 5.34. The largest absolute Gasteiger partial charge is 0.488 e. The summed E-state index contributed by atoms with van der Waals surface area (Å²) in [4.78, 5) is 0. The van der Waals surface area contributed by atoms with Crippen LogP contribution in [0.2, 0.25) is 0 Å². The molecule has 0 saturated carbocycles. The van der Waals surface area contributed by atoms with Crippen LogP contribution in [0.5, 0.6) is 5.75 Å². The first-order chi connectivity index (χ1) is 10.5. The Kier molecular flexibility index (Phi) is 6.26. The number of benzene rings is 1. The molecule has 2 atom stereocenters. The molecule has 1 fully saturated rings. The minimum atomic E-state index is -2.99. The van der Waals surface area contributed by atoms with Crippen LogP contribution in [0.25, 0.3) is 0 Å². The Balaban J connectivity index is 1.98. The van der Waals surface area contributed by atoms with Crippen LogP contribution in [0.15, 0.2) is 24.3 Å². The van der Waals surface area contributed by atoms with Crippen LogP contribution in [-0.4, -0.2) is 39.2 Å². The van der Waals surface area contributed by atoms with Gasteiger partial charge in [-0.25, -0.2) is 8.42 Å². The van der Waals surface area contributed by atoms with Crippen LogP contribution in [0, 0.1) is 0 Å². The van der Waals surface area contributed by atoms with Gasteiger partial charge in [0.05, 0.1) is 24.7 Å². The fraction of sp³-hybridized carbons (Fsp3) is 0.647. The summed E-state index contributed by atoms with van der Waals surface area (Å²) in [7, 11) is -2.99. The van der Waals surface area contributed by atoms with Crippen molar-refractivity contribution in [1.82, 2.24) is 0 Å². The molecule has 1 heterocycles. The average Bonchev–Trinajstić information content (AvgIpc) is 2.98. The number of rotatable bonds is 8. The highest BCUT2D eigenvalue weighted by Crippen LogP contribution is 2.24. The Morgan fingerprint density at radius 2 is 2.23 bits per heavy atom. The van der Waals surface area contributed by atoms with Crippen molar-refractivity contribution in [3.63, 3.8) is 0 Å². The summed E-state index contributed by atoms with van der Waals surface area (Å²) in [5, 5.41) is 0. The lowest BCUT2D eigenvalue weighted by molar-refractivity contribution is 0.141. The molecule has 4 nitrogen and oxygen atoms in total. The lowest BCUT2D eigenvalue weighted by Gasteiger charge is -2.16. The molecule has 1 aromatic rings. The minimum Gasteiger partial charge on any atom is -0.488 e. The van der Waals surface area contributed by atoms with Gasteiger partial charge in [0.15, 0.2) is 9.84 Å². The molecule has 5 heteroatoms. The second-order valence-electron chi connectivity index (χ2n) is 6.04. The van der Waals surface area contributed by atoms with Crippen LogP contribution in [0.1, 0.15) is 44.6 Å². The number of hydrogen-bond donors (Lipinski definition) is 0. The molecule has 1 aliphatic heterocycles. The van der Waals surface area contributed by atoms with Gasteiger partial charge in [-0.05, 0) is 30.0 Å². The van der Waals surface area contributed by atoms with Gasteiger partial charge in [0.1, 0.15) is 11.9 Å². The van der Waals surface area contributed by atoms with Crippen molar-refractivity contribution in [2.75, 3.05) is 24.7 Å². The van der Waals surface area contributed by atoms with Crippen molar-refractivity contribution in [2.24, 2.45) is 0 Å². The number of hydrogen-bond acceptors (Lipinski definition) is 4. The summed E-state index contributed by atoms with van der Waals surface area (Å²) >= 11 is 0. The second kappa shape index (κ2) is 7.97. The Labute approximate surface area is 133 Å². The third-order valence-corrected chi connectivity index (χ3v) is 5.85. The maximum absolute atomic E-state index is 12.1. The SMILES string of the molecule is CCCCS(=O)(=O)C[C@H](C)c1cccc(OC2CCOC2)c1. The van der Waals surface area contributed by atoms with Crippen molar-refractivity contribution in [3.8, 4) is 5.75 Å². The van der Waals surface area contributed by atoms with E-state index in [1.165, 1.54) is 0 Å². The minimum absolute atomic E-state index is 0.0229. The summed E-state index contributed by atoms with van der Waals surface area (Å²) in [6.07, 6.45) is 2.66. The van der Waals surface area contributed by atoms with Crippen molar-refractivity contribution >= 4 is 9.84 Å². The molecule has 0 spiro atoms. The van der Waals surface area contributed by atoms with E-state index in [1.54, 1.807) is 0 Å². The average molecular weight is 326 g/mol. The summed E-state index contributed by atoms with van der Waals surface area (Å²) in [5.41, 5.74) is 1.01. The summed E-state index contributed by atoms with van der Waals surface area (Å²) in [6, 6.07) is 7.77. The Morgan fingerprint density at radius 1 is 1.41 bits per heavy atom. The smallest absolute Gasteiger partial charge is 0.150 e. The van der Waals surface area contributed by atoms with Gasteiger partial charge in [0.25, 0.3) is 0 Å². The molecule has 0 amide bonds. The lowest BCUT2D eigenvalue weighted by Crippen LogP contribution is -2.17. The quantitative estimate of drug-likeness (QED) is 0.736. The second-order valence-corrected chi connectivity index (χ2v) is 8.27. The van der Waals surface area contributed by atoms with Gasteiger partial charge < -0.3 is 9.47 Å². The van der Waals surface area contributed by atoms with Gasteiger partial charge in [-0.15, -0.1) is 0 Å². The normalized spacial score (nSPS) is 20.0. The van der Waals surface area contributed by atoms with E-state index >= 15 is 0 Å². The molecule has 2 rings (SSSR count). The fourth-order valence-corrected chi connectivity index (χ4v) is 4.47. The molecule has 1 unspecified atom stereocenters. The molecule has 0 aromatic heterocycles. The van der Waals surface area contributed by atoms with E-state index in [0.29, 0.717) is 6.61 Å². The van der Waals surface area contributed by atoms with E-state index in [2.05, 4.69) is 0 Å². The highest BCUT2D eigenvalue weighted by molar-refractivity contribution is 7.91. The third-order valence-electron chi connectivity index (χ3n) is 3.93. The zero-order valence-electron chi connectivity index (χ0n) is 13.5. The van der Waals surface area contributed by atoms with E-state index < -0.39 is 9.84 Å². The molecule has 0 radical (unpaired) electrons. The van der Waals surface area contributed by atoms with Crippen molar-refractivity contribution in [1.29, 1.82) is 0 Å². The molecule has 1 aromatic carbocycles. The van der Waals surface area contributed by atoms with Gasteiger partial charge >= 0.3 is 0 Å². The van der Waals surface area contributed by atoms with E-state index in [-0.39, 0.29) is 23.5 Å². The Morgan fingerprint density at radius 3 is 2.91 bits per heavy atom. The first kappa shape index (κ1) is 17.3. The molecule has 1 saturated heterocycles. The summed E-state index contributed by atoms with van der Waals surface area (Å²) in [5.74, 6) is 1.25. The standard InChI is InChI=1S/C17H26O4S/c1-3-4-10-22(18,19)13-14(2)15-6-5-7-16(11-15)21-17-8-9-20-12-17/h5-7,11,14,17H,3-4,8-10,12-13H2,1-2H3/t14-,17?/m0/s1. The van der Waals surface area contributed by atoms with E-state index in [4.69, 9.17) is 9.47 Å². The van der Waals surface area contributed by atoms with Crippen LogP contribution in [0.3, 0.4) is 0 Å². The Hall–Kier alpha value is -1.07. The molecular formula is C17H26O4S. The first-order valence-electron chi connectivity index (χ1n) is 8.05. The maximum atomic E-state index is 12.1. The van der Waals surface area contributed by atoms with E-state index in [9.17, 15) is 8.42 Å². The van der Waals surface area contributed by atoms with Crippen LogP contribution in [-0.2, 0) is 14.6 Å². The van der Waals surface area contributed by atoms with Crippen LogP contribution < -0.4 is 4.74 Å². The molecule has 0 bridgehead atoms. The van der Waals surface area contributed by atoms with Crippen molar-refractivity contribution in [2.45, 2.75) is 45.1 Å². The van der Waals surface area contributed by atoms with Gasteiger partial charge in [0, 0.05) is 6.42 Å². The van der Waals surface area contributed by atoms with Gasteiger partial charge in [-0.2, -0.15) is 0 Å².